The average molecular weight is 432 g/mol. The van der Waals surface area contributed by atoms with Gasteiger partial charge in [-0.2, -0.15) is 0 Å². The largest absolute Gasteiger partial charge is 0.489 e. The van der Waals surface area contributed by atoms with Crippen LogP contribution in [0.25, 0.3) is 6.08 Å². The van der Waals surface area contributed by atoms with Gasteiger partial charge in [0.15, 0.2) is 6.61 Å². The maximum Gasteiger partial charge on any atom is 0.331 e. The van der Waals surface area contributed by atoms with E-state index in [1.807, 2.05) is 30.3 Å². The van der Waals surface area contributed by atoms with Crippen molar-refractivity contribution in [3.8, 4) is 5.75 Å². The van der Waals surface area contributed by atoms with Crippen LogP contribution in [-0.4, -0.2) is 23.4 Å². The number of ether oxygens (including phenoxy) is 2. The van der Waals surface area contributed by atoms with Gasteiger partial charge >= 0.3 is 5.97 Å². The molecule has 1 amide bonds. The highest BCUT2D eigenvalue weighted by molar-refractivity contribution is 5.94. The number of hydrogen-bond donors (Lipinski definition) is 1. The summed E-state index contributed by atoms with van der Waals surface area (Å²) < 4.78 is 10.6. The second kappa shape index (κ2) is 11.1. The van der Waals surface area contributed by atoms with Crippen LogP contribution in [0.2, 0.25) is 0 Å². The van der Waals surface area contributed by atoms with E-state index in [0.29, 0.717) is 18.0 Å². The van der Waals surface area contributed by atoms with Crippen LogP contribution in [0, 0.1) is 10.1 Å². The molecular weight excluding hydrogens is 412 g/mol. The summed E-state index contributed by atoms with van der Waals surface area (Å²) in [6.07, 6.45) is 2.31. The first-order valence-electron chi connectivity index (χ1n) is 9.66. The second-order valence-corrected chi connectivity index (χ2v) is 6.60. The zero-order valence-electron chi connectivity index (χ0n) is 17.0. The third-order valence-corrected chi connectivity index (χ3v) is 4.26. The fourth-order valence-electron chi connectivity index (χ4n) is 2.71. The number of para-hydroxylation sites is 1. The molecule has 0 aromatic heterocycles. The van der Waals surface area contributed by atoms with Gasteiger partial charge in [-0.3, -0.25) is 14.9 Å². The molecule has 162 valence electrons. The van der Waals surface area contributed by atoms with E-state index in [1.165, 1.54) is 24.3 Å². The summed E-state index contributed by atoms with van der Waals surface area (Å²) in [6.45, 7) is -0.0610. The summed E-state index contributed by atoms with van der Waals surface area (Å²) in [5.41, 5.74) is 1.69. The van der Waals surface area contributed by atoms with Crippen LogP contribution in [0.15, 0.2) is 84.9 Å². The van der Waals surface area contributed by atoms with Crippen molar-refractivity contribution in [3.05, 3.63) is 106 Å². The van der Waals surface area contributed by atoms with Crippen molar-refractivity contribution in [1.29, 1.82) is 0 Å². The molecule has 0 heterocycles. The average Bonchev–Trinajstić information content (AvgIpc) is 2.82. The molecule has 0 saturated heterocycles. The third kappa shape index (κ3) is 6.81. The molecule has 0 spiro atoms. The van der Waals surface area contributed by atoms with E-state index in [4.69, 9.17) is 9.47 Å². The van der Waals surface area contributed by atoms with Crippen molar-refractivity contribution in [2.45, 2.75) is 6.61 Å². The lowest BCUT2D eigenvalue weighted by atomic mass is 10.1. The van der Waals surface area contributed by atoms with E-state index in [0.717, 1.165) is 11.6 Å². The summed E-state index contributed by atoms with van der Waals surface area (Å²) in [6, 6.07) is 22.5. The summed E-state index contributed by atoms with van der Waals surface area (Å²) in [5.74, 6) is -0.656. The molecule has 3 rings (SSSR count). The molecule has 0 bridgehead atoms. The standard InChI is InChI=1S/C24H20N2O6/c27-23(17-32-24(28)15-10-19-8-4-5-9-22(19)26(29)30)25-20-11-13-21(14-12-20)31-16-18-6-2-1-3-7-18/h1-15H,16-17H2,(H,25,27). The first-order chi connectivity index (χ1) is 15.5. The van der Waals surface area contributed by atoms with E-state index >= 15 is 0 Å². The van der Waals surface area contributed by atoms with Crippen LogP contribution >= 0.6 is 0 Å². The Morgan fingerprint density at radius 3 is 2.34 bits per heavy atom. The Kier molecular flexibility index (Phi) is 7.69. The molecule has 3 aromatic rings. The highest BCUT2D eigenvalue weighted by Gasteiger charge is 2.11. The minimum absolute atomic E-state index is 0.134. The van der Waals surface area contributed by atoms with Crippen LogP contribution in [0.3, 0.4) is 0 Å². The lowest BCUT2D eigenvalue weighted by Gasteiger charge is -2.08. The Morgan fingerprint density at radius 2 is 1.62 bits per heavy atom. The second-order valence-electron chi connectivity index (χ2n) is 6.60. The summed E-state index contributed by atoms with van der Waals surface area (Å²) in [7, 11) is 0. The highest BCUT2D eigenvalue weighted by Crippen LogP contribution is 2.19. The molecule has 8 nitrogen and oxygen atoms in total. The number of carbonyl (C=O) groups excluding carboxylic acids is 2. The first-order valence-corrected chi connectivity index (χ1v) is 9.66. The molecule has 0 aliphatic heterocycles. The van der Waals surface area contributed by atoms with Crippen molar-refractivity contribution < 1.29 is 24.0 Å². The molecule has 0 aliphatic carbocycles. The third-order valence-electron chi connectivity index (χ3n) is 4.26. The molecule has 32 heavy (non-hydrogen) atoms. The summed E-state index contributed by atoms with van der Waals surface area (Å²) in [4.78, 5) is 34.2. The molecule has 0 aliphatic rings. The van der Waals surface area contributed by atoms with Crippen LogP contribution in [0.4, 0.5) is 11.4 Å². The Labute approximate surface area is 184 Å². The minimum Gasteiger partial charge on any atom is -0.489 e. The number of amides is 1. The van der Waals surface area contributed by atoms with Gasteiger partial charge in [0, 0.05) is 17.8 Å². The van der Waals surface area contributed by atoms with E-state index in [2.05, 4.69) is 5.32 Å². The Morgan fingerprint density at radius 1 is 0.938 bits per heavy atom. The number of nitrogens with zero attached hydrogens (tertiary/aromatic N) is 1. The molecule has 0 fully saturated rings. The smallest absolute Gasteiger partial charge is 0.331 e. The molecule has 8 heteroatoms. The van der Waals surface area contributed by atoms with E-state index in [9.17, 15) is 19.7 Å². The van der Waals surface area contributed by atoms with Gasteiger partial charge in [0.25, 0.3) is 11.6 Å². The van der Waals surface area contributed by atoms with Crippen molar-refractivity contribution in [3.63, 3.8) is 0 Å². The van der Waals surface area contributed by atoms with E-state index < -0.39 is 23.4 Å². The Bertz CT molecular complexity index is 1110. The predicted octanol–water partition coefficient (Wildman–Crippen LogP) is 4.37. The van der Waals surface area contributed by atoms with Crippen molar-refractivity contribution >= 4 is 29.3 Å². The number of nitro benzene ring substituents is 1. The van der Waals surface area contributed by atoms with E-state index in [-0.39, 0.29) is 11.3 Å². The number of hydrogen-bond acceptors (Lipinski definition) is 6. The normalized spacial score (nSPS) is 10.5. The van der Waals surface area contributed by atoms with Gasteiger partial charge in [0.1, 0.15) is 12.4 Å². The number of esters is 1. The molecule has 0 unspecified atom stereocenters. The number of nitro groups is 1. The molecule has 0 radical (unpaired) electrons. The zero-order valence-corrected chi connectivity index (χ0v) is 17.0. The quantitative estimate of drug-likeness (QED) is 0.233. The molecule has 3 aromatic carbocycles. The fraction of sp³-hybridized carbons (Fsp3) is 0.0833. The number of nitrogens with one attached hydrogen (secondary N) is 1. The van der Waals surface area contributed by atoms with Gasteiger partial charge in [-0.1, -0.05) is 42.5 Å². The Hall–Kier alpha value is -4.46. The van der Waals surface area contributed by atoms with Crippen molar-refractivity contribution in [2.24, 2.45) is 0 Å². The van der Waals surface area contributed by atoms with Crippen molar-refractivity contribution in [1.82, 2.24) is 0 Å². The zero-order chi connectivity index (χ0) is 22.8. The SMILES string of the molecule is O=C(COC(=O)C=Cc1ccccc1[N+](=O)[O-])Nc1ccc(OCc2ccccc2)cc1. The fourth-order valence-corrected chi connectivity index (χ4v) is 2.71. The van der Waals surface area contributed by atoms with Gasteiger partial charge in [-0.25, -0.2) is 4.79 Å². The number of anilines is 1. The number of rotatable bonds is 9. The Balaban J connectivity index is 1.44. The predicted molar refractivity (Wildman–Crippen MR) is 119 cm³/mol. The number of carbonyl (C=O) groups is 2. The van der Waals surface area contributed by atoms with Crippen molar-refractivity contribution in [2.75, 3.05) is 11.9 Å². The van der Waals surface area contributed by atoms with Gasteiger partial charge in [-0.15, -0.1) is 0 Å². The summed E-state index contributed by atoms with van der Waals surface area (Å²) >= 11 is 0. The minimum atomic E-state index is -0.789. The van der Waals surface area contributed by atoms with Gasteiger partial charge in [0.05, 0.1) is 10.5 Å². The highest BCUT2D eigenvalue weighted by atomic mass is 16.6. The summed E-state index contributed by atoms with van der Waals surface area (Å²) in [5, 5.41) is 13.6. The lowest BCUT2D eigenvalue weighted by molar-refractivity contribution is -0.385. The van der Waals surface area contributed by atoms with Crippen LogP contribution in [0.1, 0.15) is 11.1 Å². The van der Waals surface area contributed by atoms with Crippen LogP contribution < -0.4 is 10.1 Å². The van der Waals surface area contributed by atoms with Gasteiger partial charge < -0.3 is 14.8 Å². The van der Waals surface area contributed by atoms with E-state index in [1.54, 1.807) is 30.3 Å². The molecule has 0 atom stereocenters. The number of benzene rings is 3. The van der Waals surface area contributed by atoms with Crippen LogP contribution in [-0.2, 0) is 20.9 Å². The molecule has 0 saturated carbocycles. The molecular formula is C24H20N2O6. The maximum atomic E-state index is 12.0. The van der Waals surface area contributed by atoms with Gasteiger partial charge in [-0.05, 0) is 42.0 Å². The van der Waals surface area contributed by atoms with Crippen LogP contribution in [0.5, 0.6) is 5.75 Å². The first kappa shape index (κ1) is 22.2. The van der Waals surface area contributed by atoms with Gasteiger partial charge in [0.2, 0.25) is 0 Å². The lowest BCUT2D eigenvalue weighted by Crippen LogP contribution is -2.20. The molecule has 1 N–H and O–H groups in total. The monoisotopic (exact) mass is 432 g/mol. The maximum absolute atomic E-state index is 12.0. The topological polar surface area (TPSA) is 108 Å².